The normalized spacial score (nSPS) is 11.8. The Bertz CT molecular complexity index is 849. The highest BCUT2D eigenvalue weighted by Crippen LogP contribution is 2.28. The minimum Gasteiger partial charge on any atom is -0.716 e. The second-order valence-electron chi connectivity index (χ2n) is 7.50. The summed E-state index contributed by atoms with van der Waals surface area (Å²) in [4.78, 5) is 4.57. The summed E-state index contributed by atoms with van der Waals surface area (Å²) in [6, 6.07) is 7.11. The maximum Gasteiger partial charge on any atom is 0.262 e. The van der Waals surface area contributed by atoms with E-state index in [1.807, 2.05) is 19.1 Å². The first kappa shape index (κ1) is 22.6. The van der Waals surface area contributed by atoms with E-state index in [1.54, 1.807) is 6.07 Å². The molecular weight excluding hydrogens is 374 g/mol. The molecule has 0 saturated carbocycles. The lowest BCUT2D eigenvalue weighted by Crippen LogP contribution is -2.08. The van der Waals surface area contributed by atoms with Crippen molar-refractivity contribution in [1.29, 1.82) is 0 Å². The fourth-order valence-electron chi connectivity index (χ4n) is 3.48. The van der Waals surface area contributed by atoms with Gasteiger partial charge in [-0.3, -0.25) is 0 Å². The van der Waals surface area contributed by atoms with E-state index >= 15 is 0 Å². The van der Waals surface area contributed by atoms with Gasteiger partial charge in [-0.05, 0) is 37.5 Å². The van der Waals surface area contributed by atoms with Crippen molar-refractivity contribution in [3.8, 4) is 5.75 Å². The molecule has 5 nitrogen and oxygen atoms in total. The molecule has 2 aromatic rings. The van der Waals surface area contributed by atoms with E-state index in [0.29, 0.717) is 5.52 Å². The maximum atomic E-state index is 11.0. The lowest BCUT2D eigenvalue weighted by atomic mass is 10.0. The Labute approximate surface area is 169 Å². The first-order chi connectivity index (χ1) is 13.4. The Morgan fingerprint density at radius 2 is 1.50 bits per heavy atom. The van der Waals surface area contributed by atoms with Crippen molar-refractivity contribution in [2.24, 2.45) is 0 Å². The van der Waals surface area contributed by atoms with Crippen molar-refractivity contribution < 1.29 is 17.2 Å². The van der Waals surface area contributed by atoms with Gasteiger partial charge in [0.2, 0.25) is 0 Å². The second kappa shape index (κ2) is 11.4. The first-order valence-electron chi connectivity index (χ1n) is 10.5. The summed E-state index contributed by atoms with van der Waals surface area (Å²) >= 11 is 0. The lowest BCUT2D eigenvalue weighted by Gasteiger charge is -2.13. The first-order valence-corrected chi connectivity index (χ1v) is 11.8. The predicted octanol–water partition coefficient (Wildman–Crippen LogP) is 5.85. The van der Waals surface area contributed by atoms with Crippen LogP contribution in [0.2, 0.25) is 0 Å². The van der Waals surface area contributed by atoms with Crippen LogP contribution in [0.5, 0.6) is 5.75 Å². The molecule has 0 unspecified atom stereocenters. The molecule has 0 amide bonds. The van der Waals surface area contributed by atoms with Gasteiger partial charge < -0.3 is 8.74 Å². The molecule has 1 heterocycles. The summed E-state index contributed by atoms with van der Waals surface area (Å²) in [5.74, 6) is 0.000484. The Hall–Kier alpha value is -1.66. The smallest absolute Gasteiger partial charge is 0.262 e. The van der Waals surface area contributed by atoms with E-state index in [4.69, 9.17) is 0 Å². The molecule has 0 bridgehead atoms. The molecule has 6 heteroatoms. The molecule has 0 saturated heterocycles. The van der Waals surface area contributed by atoms with E-state index in [2.05, 4.69) is 16.1 Å². The van der Waals surface area contributed by atoms with Gasteiger partial charge in [-0.2, -0.15) is 0 Å². The Morgan fingerprint density at radius 3 is 2.11 bits per heavy atom. The van der Waals surface area contributed by atoms with Gasteiger partial charge in [0.05, 0.1) is 0 Å². The van der Waals surface area contributed by atoms with Crippen molar-refractivity contribution in [1.82, 2.24) is 4.98 Å². The molecule has 28 heavy (non-hydrogen) atoms. The summed E-state index contributed by atoms with van der Waals surface area (Å²) < 4.78 is 37.5. The van der Waals surface area contributed by atoms with E-state index in [9.17, 15) is 13.0 Å². The summed E-state index contributed by atoms with van der Waals surface area (Å²) in [5, 5.41) is 0.799. The number of rotatable bonds is 13. The third kappa shape index (κ3) is 7.76. The fraction of sp³-hybridized carbons (Fsp3) is 0.591. The van der Waals surface area contributed by atoms with Crippen LogP contribution in [-0.2, 0) is 16.8 Å². The highest BCUT2D eigenvalue weighted by atomic mass is 32.3. The van der Waals surface area contributed by atoms with Crippen molar-refractivity contribution >= 4 is 21.3 Å². The van der Waals surface area contributed by atoms with Gasteiger partial charge in [-0.15, -0.1) is 0 Å². The van der Waals surface area contributed by atoms with Crippen LogP contribution < -0.4 is 4.18 Å². The predicted molar refractivity (Wildman–Crippen MR) is 112 cm³/mol. The summed E-state index contributed by atoms with van der Waals surface area (Å²) in [6.07, 6.45) is 13.6. The minimum atomic E-state index is -4.82. The number of fused-ring (bicyclic) bond motifs is 1. The zero-order valence-electron chi connectivity index (χ0n) is 17.1. The van der Waals surface area contributed by atoms with Crippen molar-refractivity contribution in [2.75, 3.05) is 0 Å². The van der Waals surface area contributed by atoms with Crippen LogP contribution >= 0.6 is 0 Å². The summed E-state index contributed by atoms with van der Waals surface area (Å²) in [7, 11) is -4.82. The number of benzene rings is 1. The fourth-order valence-corrected chi connectivity index (χ4v) is 3.84. The van der Waals surface area contributed by atoms with E-state index in [0.717, 1.165) is 29.5 Å². The van der Waals surface area contributed by atoms with Gasteiger partial charge in [0.15, 0.2) is 5.75 Å². The Kier molecular flexibility index (Phi) is 9.19. The monoisotopic (exact) mass is 406 g/mol. The molecule has 0 aliphatic rings. The summed E-state index contributed by atoms with van der Waals surface area (Å²) in [6.45, 7) is 4.16. The second-order valence-corrected chi connectivity index (χ2v) is 8.49. The van der Waals surface area contributed by atoms with Crippen molar-refractivity contribution in [2.45, 2.75) is 84.5 Å². The maximum absolute atomic E-state index is 11.0. The third-order valence-corrected chi connectivity index (χ3v) is 5.46. The van der Waals surface area contributed by atoms with Crippen LogP contribution in [-0.4, -0.2) is 18.0 Å². The van der Waals surface area contributed by atoms with Gasteiger partial charge in [0, 0.05) is 11.1 Å². The number of aryl methyl sites for hydroxylation is 2. The van der Waals surface area contributed by atoms with Gasteiger partial charge in [0.25, 0.3) is 10.4 Å². The van der Waals surface area contributed by atoms with Crippen LogP contribution in [0.3, 0.4) is 0 Å². The standard InChI is InChI=1S/C22H33NO4S/c1-3-4-5-6-7-8-9-10-11-12-13-19-15-16-20-18(2)14-17-21(22(20)23-19)27-28(24,25)26/h14-17H,3-13H2,1-2H3,(H,24,25,26)/p-1. The molecule has 0 atom stereocenters. The van der Waals surface area contributed by atoms with Gasteiger partial charge in [-0.25, -0.2) is 13.4 Å². The topological polar surface area (TPSA) is 79.3 Å². The van der Waals surface area contributed by atoms with E-state index in [-0.39, 0.29) is 5.75 Å². The zero-order valence-corrected chi connectivity index (χ0v) is 17.9. The Morgan fingerprint density at radius 1 is 0.893 bits per heavy atom. The van der Waals surface area contributed by atoms with E-state index < -0.39 is 10.4 Å². The molecule has 0 radical (unpaired) electrons. The van der Waals surface area contributed by atoms with Gasteiger partial charge in [0.1, 0.15) is 5.52 Å². The van der Waals surface area contributed by atoms with E-state index in [1.165, 1.54) is 63.9 Å². The lowest BCUT2D eigenvalue weighted by molar-refractivity contribution is 0.373. The largest absolute Gasteiger partial charge is 0.716 e. The Balaban J connectivity index is 1.84. The average molecular weight is 407 g/mol. The highest BCUT2D eigenvalue weighted by Gasteiger charge is 2.10. The zero-order chi connectivity index (χ0) is 20.4. The SMILES string of the molecule is CCCCCCCCCCCCc1ccc2c(C)ccc(OS(=O)(=O)[O-])c2n1. The van der Waals surface area contributed by atoms with Gasteiger partial charge in [-0.1, -0.05) is 76.8 Å². The summed E-state index contributed by atoms with van der Waals surface area (Å²) in [5.41, 5.74) is 2.29. The molecular formula is C22H32NO4S-. The van der Waals surface area contributed by atoms with Crippen LogP contribution in [0.1, 0.15) is 82.4 Å². The third-order valence-electron chi connectivity index (χ3n) is 5.07. The molecule has 156 valence electrons. The molecule has 0 fully saturated rings. The van der Waals surface area contributed by atoms with Crippen LogP contribution in [0.4, 0.5) is 0 Å². The van der Waals surface area contributed by atoms with Crippen molar-refractivity contribution in [3.05, 3.63) is 35.5 Å². The van der Waals surface area contributed by atoms with Crippen molar-refractivity contribution in [3.63, 3.8) is 0 Å². The van der Waals surface area contributed by atoms with Crippen LogP contribution in [0.25, 0.3) is 10.9 Å². The number of nitrogens with zero attached hydrogens (tertiary/aromatic N) is 1. The highest BCUT2D eigenvalue weighted by molar-refractivity contribution is 7.81. The number of pyridine rings is 1. The van der Waals surface area contributed by atoms with Crippen LogP contribution in [0, 0.1) is 6.92 Å². The average Bonchev–Trinajstić information content (AvgIpc) is 2.64. The number of hydrogen-bond donors (Lipinski definition) is 0. The molecule has 0 aliphatic carbocycles. The minimum absolute atomic E-state index is 0.000484. The number of aromatic nitrogens is 1. The molecule has 0 spiro atoms. The molecule has 1 aromatic heterocycles. The quantitative estimate of drug-likeness (QED) is 0.237. The molecule has 1 aromatic carbocycles. The molecule has 2 rings (SSSR count). The molecule has 0 aliphatic heterocycles. The van der Waals surface area contributed by atoms with Gasteiger partial charge >= 0.3 is 0 Å². The van der Waals surface area contributed by atoms with Crippen LogP contribution in [0.15, 0.2) is 24.3 Å². The molecule has 0 N–H and O–H groups in total. The number of hydrogen-bond acceptors (Lipinski definition) is 5. The number of unbranched alkanes of at least 4 members (excludes halogenated alkanes) is 9.